The number of nitrogens with zero attached hydrogens (tertiary/aromatic N) is 2. The Morgan fingerprint density at radius 1 is 1.25 bits per heavy atom. The molecule has 0 unspecified atom stereocenters. The number of hydrogen-bond acceptors (Lipinski definition) is 4. The number of aromatic amines is 1. The number of rotatable bonds is 3. The van der Waals surface area contributed by atoms with Gasteiger partial charge in [-0.1, -0.05) is 23.7 Å². The lowest BCUT2D eigenvalue weighted by atomic mass is 10.1. The van der Waals surface area contributed by atoms with Gasteiger partial charge in [-0.05, 0) is 36.5 Å². The van der Waals surface area contributed by atoms with Gasteiger partial charge < -0.3 is 9.40 Å². The standard InChI is InChI=1S/C18H16ClN3OS/c19-15-4-2-1-3-14(15)17-6-5-13(23-17)11-22-8-7-16-12(10-22)9-20-18(24)21-16/h1-6,9H,7-8,10-11H2,(H,20,21,24). The summed E-state index contributed by atoms with van der Waals surface area (Å²) in [7, 11) is 0. The summed E-state index contributed by atoms with van der Waals surface area (Å²) in [6.07, 6.45) is 2.82. The summed E-state index contributed by atoms with van der Waals surface area (Å²) >= 11 is 11.3. The summed E-state index contributed by atoms with van der Waals surface area (Å²) in [6.45, 7) is 2.57. The van der Waals surface area contributed by atoms with Gasteiger partial charge in [0.05, 0.1) is 11.6 Å². The molecule has 2 aromatic heterocycles. The molecule has 0 atom stereocenters. The molecule has 6 heteroatoms. The Morgan fingerprint density at radius 3 is 3.00 bits per heavy atom. The molecule has 0 saturated carbocycles. The van der Waals surface area contributed by atoms with E-state index in [-0.39, 0.29) is 0 Å². The van der Waals surface area contributed by atoms with Gasteiger partial charge in [-0.3, -0.25) is 4.90 Å². The van der Waals surface area contributed by atoms with E-state index < -0.39 is 0 Å². The highest BCUT2D eigenvalue weighted by molar-refractivity contribution is 7.71. The first kappa shape index (κ1) is 15.6. The quantitative estimate of drug-likeness (QED) is 0.695. The Bertz CT molecular complexity index is 934. The summed E-state index contributed by atoms with van der Waals surface area (Å²) < 4.78 is 6.55. The van der Waals surface area contributed by atoms with Gasteiger partial charge in [0.2, 0.25) is 0 Å². The van der Waals surface area contributed by atoms with E-state index in [4.69, 9.17) is 28.2 Å². The van der Waals surface area contributed by atoms with E-state index in [1.54, 1.807) is 0 Å². The highest BCUT2D eigenvalue weighted by Gasteiger charge is 2.18. The van der Waals surface area contributed by atoms with Crippen LogP contribution in [0.1, 0.15) is 17.0 Å². The Balaban J connectivity index is 1.50. The lowest BCUT2D eigenvalue weighted by molar-refractivity contribution is 0.224. The SMILES string of the molecule is S=c1ncc2c([nH]1)CCN(Cc1ccc(-c3ccccc3Cl)o1)C2. The molecule has 3 heterocycles. The van der Waals surface area contributed by atoms with E-state index >= 15 is 0 Å². The van der Waals surface area contributed by atoms with E-state index in [9.17, 15) is 0 Å². The fourth-order valence-corrected chi connectivity index (χ4v) is 3.43. The maximum absolute atomic E-state index is 6.24. The molecule has 4 rings (SSSR count). The third kappa shape index (κ3) is 3.15. The predicted octanol–water partition coefficient (Wildman–Crippen LogP) is 4.61. The minimum absolute atomic E-state index is 0.553. The Hall–Kier alpha value is -1.95. The number of furan rings is 1. The van der Waals surface area contributed by atoms with Crippen LogP contribution in [0.5, 0.6) is 0 Å². The Morgan fingerprint density at radius 2 is 2.12 bits per heavy atom. The van der Waals surface area contributed by atoms with Gasteiger partial charge >= 0.3 is 0 Å². The molecule has 0 aliphatic carbocycles. The van der Waals surface area contributed by atoms with Gasteiger partial charge in [-0.25, -0.2) is 4.98 Å². The molecule has 0 fully saturated rings. The van der Waals surface area contributed by atoms with Crippen molar-refractivity contribution < 1.29 is 4.42 Å². The van der Waals surface area contributed by atoms with Crippen molar-refractivity contribution in [1.82, 2.24) is 14.9 Å². The number of hydrogen-bond donors (Lipinski definition) is 1. The average molecular weight is 358 g/mol. The summed E-state index contributed by atoms with van der Waals surface area (Å²) in [5.74, 6) is 1.74. The zero-order valence-electron chi connectivity index (χ0n) is 13.0. The van der Waals surface area contributed by atoms with E-state index in [0.717, 1.165) is 43.1 Å². The molecule has 24 heavy (non-hydrogen) atoms. The number of nitrogens with one attached hydrogen (secondary N) is 1. The zero-order valence-corrected chi connectivity index (χ0v) is 14.5. The van der Waals surface area contributed by atoms with Gasteiger partial charge in [0.1, 0.15) is 11.5 Å². The maximum Gasteiger partial charge on any atom is 0.196 e. The molecule has 0 amide bonds. The molecule has 3 aromatic rings. The first-order valence-corrected chi connectivity index (χ1v) is 8.61. The second-order valence-corrected chi connectivity index (χ2v) is 6.69. The van der Waals surface area contributed by atoms with E-state index in [1.807, 2.05) is 42.6 Å². The van der Waals surface area contributed by atoms with Crippen molar-refractivity contribution in [3.63, 3.8) is 0 Å². The number of aromatic nitrogens is 2. The Labute approximate surface area is 150 Å². The normalized spacial score (nSPS) is 14.5. The van der Waals surface area contributed by atoms with Gasteiger partial charge in [-0.15, -0.1) is 0 Å². The molecule has 0 bridgehead atoms. The summed E-state index contributed by atoms with van der Waals surface area (Å²) in [5.41, 5.74) is 3.32. The molecule has 1 aliphatic heterocycles. The van der Waals surface area contributed by atoms with Crippen LogP contribution >= 0.6 is 23.8 Å². The van der Waals surface area contributed by atoms with Crippen LogP contribution in [0.15, 0.2) is 47.0 Å². The van der Waals surface area contributed by atoms with Crippen LogP contribution in [-0.2, 0) is 19.5 Å². The topological polar surface area (TPSA) is 45.1 Å². The monoisotopic (exact) mass is 357 g/mol. The fraction of sp³-hybridized carbons (Fsp3) is 0.222. The predicted molar refractivity (Wildman–Crippen MR) is 96.4 cm³/mol. The molecule has 0 saturated heterocycles. The van der Waals surface area contributed by atoms with Gasteiger partial charge in [0.15, 0.2) is 4.77 Å². The second kappa shape index (κ2) is 6.51. The van der Waals surface area contributed by atoms with E-state index in [0.29, 0.717) is 9.79 Å². The van der Waals surface area contributed by atoms with Crippen molar-refractivity contribution in [3.05, 3.63) is 69.4 Å². The molecule has 122 valence electrons. The van der Waals surface area contributed by atoms with Crippen molar-refractivity contribution in [2.24, 2.45) is 0 Å². The Kier molecular flexibility index (Phi) is 4.22. The molecule has 1 N–H and O–H groups in total. The smallest absolute Gasteiger partial charge is 0.196 e. The summed E-state index contributed by atoms with van der Waals surface area (Å²) in [5, 5.41) is 0.701. The highest BCUT2D eigenvalue weighted by atomic mass is 35.5. The van der Waals surface area contributed by atoms with Crippen molar-refractivity contribution >= 4 is 23.8 Å². The third-order valence-electron chi connectivity index (χ3n) is 4.24. The van der Waals surface area contributed by atoms with Crippen molar-refractivity contribution in [1.29, 1.82) is 0 Å². The minimum atomic E-state index is 0.553. The molecule has 4 nitrogen and oxygen atoms in total. The van der Waals surface area contributed by atoms with Crippen LogP contribution in [0.4, 0.5) is 0 Å². The van der Waals surface area contributed by atoms with Crippen LogP contribution in [0.2, 0.25) is 5.02 Å². The molecule has 0 spiro atoms. The first-order chi connectivity index (χ1) is 11.7. The van der Waals surface area contributed by atoms with Gasteiger partial charge in [0, 0.05) is 42.5 Å². The largest absolute Gasteiger partial charge is 0.460 e. The molecule has 0 radical (unpaired) electrons. The number of fused-ring (bicyclic) bond motifs is 1. The maximum atomic E-state index is 6.24. The van der Waals surface area contributed by atoms with Gasteiger partial charge in [-0.2, -0.15) is 0 Å². The molecule has 1 aliphatic rings. The third-order valence-corrected chi connectivity index (χ3v) is 4.77. The van der Waals surface area contributed by atoms with Crippen molar-refractivity contribution in [3.8, 4) is 11.3 Å². The zero-order chi connectivity index (χ0) is 16.5. The summed E-state index contributed by atoms with van der Waals surface area (Å²) in [4.78, 5) is 9.71. The molecular formula is C18H16ClN3OS. The highest BCUT2D eigenvalue weighted by Crippen LogP contribution is 2.29. The van der Waals surface area contributed by atoms with Crippen LogP contribution in [0.3, 0.4) is 0 Å². The second-order valence-electron chi connectivity index (χ2n) is 5.90. The lowest BCUT2D eigenvalue weighted by Crippen LogP contribution is -2.30. The fourth-order valence-electron chi connectivity index (χ4n) is 3.03. The average Bonchev–Trinajstić information content (AvgIpc) is 3.04. The van der Waals surface area contributed by atoms with Gasteiger partial charge in [0.25, 0.3) is 0 Å². The number of halogens is 1. The van der Waals surface area contributed by atoms with Crippen LogP contribution in [0.25, 0.3) is 11.3 Å². The van der Waals surface area contributed by atoms with Crippen molar-refractivity contribution in [2.45, 2.75) is 19.5 Å². The lowest BCUT2D eigenvalue weighted by Gasteiger charge is -2.27. The van der Waals surface area contributed by atoms with Crippen LogP contribution < -0.4 is 0 Å². The number of H-pyrrole nitrogens is 1. The minimum Gasteiger partial charge on any atom is -0.460 e. The van der Waals surface area contributed by atoms with Crippen LogP contribution in [-0.4, -0.2) is 21.4 Å². The van der Waals surface area contributed by atoms with Crippen molar-refractivity contribution in [2.75, 3.05) is 6.54 Å². The summed E-state index contributed by atoms with van der Waals surface area (Å²) in [6, 6.07) is 11.7. The number of benzene rings is 1. The first-order valence-electron chi connectivity index (χ1n) is 7.82. The molecular weight excluding hydrogens is 342 g/mol. The molecule has 1 aromatic carbocycles. The van der Waals surface area contributed by atoms with E-state index in [2.05, 4.69) is 14.9 Å². The van der Waals surface area contributed by atoms with E-state index in [1.165, 1.54) is 11.3 Å². The van der Waals surface area contributed by atoms with Crippen LogP contribution in [0, 0.1) is 4.77 Å².